The zero-order valence-electron chi connectivity index (χ0n) is 12.6. The fourth-order valence-electron chi connectivity index (χ4n) is 2.77. The predicted molar refractivity (Wildman–Crippen MR) is 82.4 cm³/mol. The molecule has 0 N–H and O–H groups in total. The van der Waals surface area contributed by atoms with Gasteiger partial charge in [0.2, 0.25) is 5.78 Å². The highest BCUT2D eigenvalue weighted by Gasteiger charge is 2.42. The number of fused-ring (bicyclic) bond motifs is 1. The van der Waals surface area contributed by atoms with Crippen LogP contribution in [0.25, 0.3) is 5.52 Å². The SMILES string of the molecule is Cc1c(C(=O)C(F)(F)F)c2ccccn2c1C(=O)c1ccccc1. The molecule has 3 rings (SSSR count). The third kappa shape index (κ3) is 2.50. The number of benzene rings is 1. The fourth-order valence-corrected chi connectivity index (χ4v) is 2.77. The van der Waals surface area contributed by atoms with Crippen molar-refractivity contribution in [2.24, 2.45) is 0 Å². The molecule has 0 saturated carbocycles. The molecular weight excluding hydrogens is 319 g/mol. The lowest BCUT2D eigenvalue weighted by Crippen LogP contribution is -2.23. The van der Waals surface area contributed by atoms with Crippen molar-refractivity contribution in [3.05, 3.63) is 77.1 Å². The van der Waals surface area contributed by atoms with Crippen LogP contribution in [0.5, 0.6) is 0 Å². The number of aromatic nitrogens is 1. The molecule has 3 nitrogen and oxygen atoms in total. The lowest BCUT2D eigenvalue weighted by atomic mass is 10.0. The average Bonchev–Trinajstić information content (AvgIpc) is 2.85. The highest BCUT2D eigenvalue weighted by molar-refractivity contribution is 6.15. The number of carbonyl (C=O) groups excluding carboxylic acids is 2. The van der Waals surface area contributed by atoms with Crippen LogP contribution in [0, 0.1) is 6.92 Å². The zero-order valence-corrected chi connectivity index (χ0v) is 12.6. The van der Waals surface area contributed by atoms with E-state index in [1.165, 1.54) is 29.7 Å². The van der Waals surface area contributed by atoms with E-state index in [1.807, 2.05) is 0 Å². The molecule has 3 aromatic rings. The number of hydrogen-bond acceptors (Lipinski definition) is 2. The Balaban J connectivity index is 2.29. The summed E-state index contributed by atoms with van der Waals surface area (Å²) in [6, 6.07) is 12.7. The number of halogens is 3. The second-order valence-corrected chi connectivity index (χ2v) is 5.33. The van der Waals surface area contributed by atoms with E-state index in [2.05, 4.69) is 0 Å². The molecule has 0 aliphatic heterocycles. The fraction of sp³-hybridized carbons (Fsp3) is 0.111. The standard InChI is InChI=1S/C18H12F3NO2/c1-11-14(17(24)18(19,20)21)13-9-5-6-10-22(13)15(11)16(23)12-7-3-2-4-8-12/h2-10H,1H3. The minimum absolute atomic E-state index is 0.0254. The Morgan fingerprint density at radius 3 is 2.21 bits per heavy atom. The molecule has 0 atom stereocenters. The maximum Gasteiger partial charge on any atom is 0.454 e. The van der Waals surface area contributed by atoms with E-state index in [-0.39, 0.29) is 16.8 Å². The first kappa shape index (κ1) is 16.0. The van der Waals surface area contributed by atoms with E-state index in [1.54, 1.807) is 36.4 Å². The molecule has 2 aromatic heterocycles. The molecule has 6 heteroatoms. The van der Waals surface area contributed by atoms with Gasteiger partial charge in [0.25, 0.3) is 5.78 Å². The number of hydrogen-bond donors (Lipinski definition) is 0. The lowest BCUT2D eigenvalue weighted by Gasteiger charge is -2.05. The number of alkyl halides is 3. The van der Waals surface area contributed by atoms with Crippen LogP contribution in [0.1, 0.15) is 32.0 Å². The van der Waals surface area contributed by atoms with E-state index in [0.717, 1.165) is 0 Å². The van der Waals surface area contributed by atoms with Gasteiger partial charge in [-0.2, -0.15) is 13.2 Å². The highest BCUT2D eigenvalue weighted by atomic mass is 19.4. The van der Waals surface area contributed by atoms with E-state index < -0.39 is 23.3 Å². The largest absolute Gasteiger partial charge is 0.454 e. The van der Waals surface area contributed by atoms with Crippen LogP contribution in [0.2, 0.25) is 0 Å². The van der Waals surface area contributed by atoms with Gasteiger partial charge in [-0.05, 0) is 24.6 Å². The maximum atomic E-state index is 12.9. The number of Topliss-reactive ketones (excluding diaryl/α,β-unsaturated/α-hetero) is 1. The van der Waals surface area contributed by atoms with Crippen LogP contribution in [-0.2, 0) is 0 Å². The molecule has 1 aromatic carbocycles. The smallest absolute Gasteiger partial charge is 0.313 e. The topological polar surface area (TPSA) is 38.5 Å². The van der Waals surface area contributed by atoms with Gasteiger partial charge in [-0.25, -0.2) is 0 Å². The van der Waals surface area contributed by atoms with Gasteiger partial charge in [0.05, 0.1) is 16.8 Å². The molecular formula is C18H12F3NO2. The first-order valence-corrected chi connectivity index (χ1v) is 7.13. The summed E-state index contributed by atoms with van der Waals surface area (Å²) >= 11 is 0. The van der Waals surface area contributed by atoms with Crippen molar-refractivity contribution in [3.63, 3.8) is 0 Å². The van der Waals surface area contributed by atoms with Gasteiger partial charge in [-0.15, -0.1) is 0 Å². The zero-order chi connectivity index (χ0) is 17.5. The van der Waals surface area contributed by atoms with Crippen molar-refractivity contribution in [3.8, 4) is 0 Å². The summed E-state index contributed by atoms with van der Waals surface area (Å²) in [5.41, 5.74) is 0.00984. The molecule has 122 valence electrons. The molecule has 0 radical (unpaired) electrons. The summed E-state index contributed by atoms with van der Waals surface area (Å²) in [4.78, 5) is 24.6. The van der Waals surface area contributed by atoms with Crippen LogP contribution >= 0.6 is 0 Å². The van der Waals surface area contributed by atoms with Gasteiger partial charge in [-0.1, -0.05) is 36.4 Å². The highest BCUT2D eigenvalue weighted by Crippen LogP contribution is 2.31. The van der Waals surface area contributed by atoms with Crippen LogP contribution in [0.15, 0.2) is 54.7 Å². The number of pyridine rings is 1. The average molecular weight is 331 g/mol. The molecule has 0 bridgehead atoms. The van der Waals surface area contributed by atoms with Gasteiger partial charge in [0.15, 0.2) is 0 Å². The van der Waals surface area contributed by atoms with E-state index in [4.69, 9.17) is 0 Å². The Morgan fingerprint density at radius 2 is 1.58 bits per heavy atom. The summed E-state index contributed by atoms with van der Waals surface area (Å²) in [7, 11) is 0. The number of carbonyl (C=O) groups is 2. The number of nitrogens with zero attached hydrogens (tertiary/aromatic N) is 1. The van der Waals surface area contributed by atoms with Gasteiger partial charge >= 0.3 is 6.18 Å². The minimum Gasteiger partial charge on any atom is -0.313 e. The Kier molecular flexibility index (Phi) is 3.75. The van der Waals surface area contributed by atoms with E-state index in [9.17, 15) is 22.8 Å². The second-order valence-electron chi connectivity index (χ2n) is 5.33. The van der Waals surface area contributed by atoms with Gasteiger partial charge in [-0.3, -0.25) is 9.59 Å². The van der Waals surface area contributed by atoms with Crippen molar-refractivity contribution in [1.82, 2.24) is 4.40 Å². The summed E-state index contributed by atoms with van der Waals surface area (Å²) in [6.45, 7) is 1.36. The van der Waals surface area contributed by atoms with Crippen molar-refractivity contribution in [1.29, 1.82) is 0 Å². The lowest BCUT2D eigenvalue weighted by molar-refractivity contribution is -0.0884. The first-order valence-electron chi connectivity index (χ1n) is 7.13. The minimum atomic E-state index is -5.00. The molecule has 24 heavy (non-hydrogen) atoms. The number of ketones is 2. The molecule has 0 amide bonds. The van der Waals surface area contributed by atoms with Gasteiger partial charge < -0.3 is 4.40 Å². The Hall–Kier alpha value is -2.89. The van der Waals surface area contributed by atoms with Crippen LogP contribution < -0.4 is 0 Å². The number of rotatable bonds is 3. The Bertz CT molecular complexity index is 940. The molecule has 0 fully saturated rings. The Labute approximate surface area is 135 Å². The van der Waals surface area contributed by atoms with E-state index in [0.29, 0.717) is 5.56 Å². The molecule has 0 unspecified atom stereocenters. The molecule has 0 saturated heterocycles. The molecule has 2 heterocycles. The third-order valence-electron chi connectivity index (χ3n) is 3.82. The molecule has 0 aliphatic rings. The first-order chi connectivity index (χ1) is 11.3. The quantitative estimate of drug-likeness (QED) is 0.674. The summed E-state index contributed by atoms with van der Waals surface area (Å²) in [5, 5.41) is 0. The van der Waals surface area contributed by atoms with E-state index >= 15 is 0 Å². The maximum absolute atomic E-state index is 12.9. The summed E-state index contributed by atoms with van der Waals surface area (Å²) in [6.07, 6.45) is -3.53. The van der Waals surface area contributed by atoms with Gasteiger partial charge in [0.1, 0.15) is 0 Å². The second kappa shape index (κ2) is 5.63. The van der Waals surface area contributed by atoms with Crippen molar-refractivity contribution < 1.29 is 22.8 Å². The predicted octanol–water partition coefficient (Wildman–Crippen LogP) is 4.22. The van der Waals surface area contributed by atoms with Crippen molar-refractivity contribution in [2.75, 3.05) is 0 Å². The van der Waals surface area contributed by atoms with Gasteiger partial charge in [0, 0.05) is 11.8 Å². The Morgan fingerprint density at radius 1 is 0.958 bits per heavy atom. The summed E-state index contributed by atoms with van der Waals surface area (Å²) < 4.78 is 40.1. The summed E-state index contributed by atoms with van der Waals surface area (Å²) in [5.74, 6) is -2.38. The molecule has 0 aliphatic carbocycles. The monoisotopic (exact) mass is 331 g/mol. The van der Waals surface area contributed by atoms with Crippen molar-refractivity contribution >= 4 is 17.1 Å². The van der Waals surface area contributed by atoms with Crippen LogP contribution in [0.3, 0.4) is 0 Å². The third-order valence-corrected chi connectivity index (χ3v) is 3.82. The van der Waals surface area contributed by atoms with Crippen LogP contribution in [-0.4, -0.2) is 22.1 Å². The normalized spacial score (nSPS) is 11.7. The van der Waals surface area contributed by atoms with Crippen LogP contribution in [0.4, 0.5) is 13.2 Å². The van der Waals surface area contributed by atoms with Crippen molar-refractivity contribution in [2.45, 2.75) is 13.1 Å². The molecule has 0 spiro atoms.